The molecule has 2 rings (SSSR count). The normalized spacial score (nSPS) is 36.4. The number of hydrogen-bond acceptors (Lipinski definition) is 3. The number of nitrogens with one attached hydrogen (secondary N) is 1. The Labute approximate surface area is 97.5 Å². The molecule has 0 saturated carbocycles. The molecule has 2 aliphatic heterocycles. The first-order chi connectivity index (χ1) is 7.16. The van der Waals surface area contributed by atoms with E-state index in [2.05, 4.69) is 30.9 Å². The second-order valence-electron chi connectivity index (χ2n) is 5.66. The quantitative estimate of drug-likeness (QED) is 0.785. The molecule has 3 heteroatoms. The van der Waals surface area contributed by atoms with Crippen LogP contribution in [0.2, 0.25) is 0 Å². The summed E-state index contributed by atoms with van der Waals surface area (Å²) in [7, 11) is 0. The van der Waals surface area contributed by atoms with Gasteiger partial charge in [0.1, 0.15) is 0 Å². The molecular formula is C12H23NOS. The Morgan fingerprint density at radius 2 is 2.20 bits per heavy atom. The van der Waals surface area contributed by atoms with E-state index < -0.39 is 0 Å². The fourth-order valence-corrected chi connectivity index (χ4v) is 3.86. The Balaban J connectivity index is 1.78. The van der Waals surface area contributed by atoms with E-state index in [-0.39, 0.29) is 0 Å². The van der Waals surface area contributed by atoms with Crippen LogP contribution in [-0.4, -0.2) is 36.8 Å². The molecule has 2 unspecified atom stereocenters. The lowest BCUT2D eigenvalue weighted by Gasteiger charge is -2.37. The summed E-state index contributed by atoms with van der Waals surface area (Å²) < 4.78 is 5.51. The van der Waals surface area contributed by atoms with Gasteiger partial charge in [0.2, 0.25) is 0 Å². The summed E-state index contributed by atoms with van der Waals surface area (Å²) in [6.45, 7) is 6.64. The van der Waals surface area contributed by atoms with Gasteiger partial charge in [-0.3, -0.25) is 0 Å². The van der Waals surface area contributed by atoms with Crippen molar-refractivity contribution in [3.63, 3.8) is 0 Å². The Hall–Kier alpha value is 0.270. The van der Waals surface area contributed by atoms with E-state index in [1.54, 1.807) is 0 Å². The van der Waals surface area contributed by atoms with Gasteiger partial charge >= 0.3 is 0 Å². The second-order valence-corrected chi connectivity index (χ2v) is 6.69. The standard InChI is InChI=1S/C12H23NOS/c1-12(2)6-11(8-15-9-12)13-10-4-3-5-14-7-10/h10-11,13H,3-9H2,1-2H3. The SMILES string of the molecule is CC1(C)CSCC(NC2CCCOC2)C1. The van der Waals surface area contributed by atoms with E-state index in [0.717, 1.165) is 13.2 Å². The smallest absolute Gasteiger partial charge is 0.0619 e. The predicted octanol–water partition coefficient (Wildman–Crippen LogP) is 2.29. The lowest BCUT2D eigenvalue weighted by molar-refractivity contribution is 0.0650. The maximum atomic E-state index is 5.51. The van der Waals surface area contributed by atoms with Crippen LogP contribution in [0.4, 0.5) is 0 Å². The highest BCUT2D eigenvalue weighted by Crippen LogP contribution is 2.33. The van der Waals surface area contributed by atoms with Crippen molar-refractivity contribution in [2.24, 2.45) is 5.41 Å². The number of rotatable bonds is 2. The van der Waals surface area contributed by atoms with Crippen molar-refractivity contribution in [1.29, 1.82) is 0 Å². The van der Waals surface area contributed by atoms with Gasteiger partial charge in [-0.2, -0.15) is 11.8 Å². The highest BCUT2D eigenvalue weighted by Gasteiger charge is 2.29. The largest absolute Gasteiger partial charge is 0.380 e. The molecule has 0 aromatic heterocycles. The summed E-state index contributed by atoms with van der Waals surface area (Å²) in [5.74, 6) is 2.59. The molecule has 88 valence electrons. The summed E-state index contributed by atoms with van der Waals surface area (Å²) in [4.78, 5) is 0. The fourth-order valence-electron chi connectivity index (χ4n) is 2.57. The molecule has 1 N–H and O–H groups in total. The van der Waals surface area contributed by atoms with E-state index >= 15 is 0 Å². The second kappa shape index (κ2) is 5.07. The average Bonchev–Trinajstić information content (AvgIpc) is 2.17. The molecule has 0 spiro atoms. The molecule has 0 aliphatic carbocycles. The van der Waals surface area contributed by atoms with Crippen LogP contribution in [-0.2, 0) is 4.74 Å². The molecular weight excluding hydrogens is 206 g/mol. The van der Waals surface area contributed by atoms with Crippen molar-refractivity contribution >= 4 is 11.8 Å². The summed E-state index contributed by atoms with van der Waals surface area (Å²) in [6, 6.07) is 1.31. The molecule has 2 aliphatic rings. The van der Waals surface area contributed by atoms with E-state index in [4.69, 9.17) is 4.74 Å². The zero-order valence-corrected chi connectivity index (χ0v) is 10.7. The zero-order valence-electron chi connectivity index (χ0n) is 9.92. The maximum absolute atomic E-state index is 5.51. The first-order valence-corrected chi connectivity index (χ1v) is 7.23. The highest BCUT2D eigenvalue weighted by molar-refractivity contribution is 7.99. The third-order valence-electron chi connectivity index (χ3n) is 3.24. The van der Waals surface area contributed by atoms with Crippen LogP contribution in [0.5, 0.6) is 0 Å². The minimum absolute atomic E-state index is 0.510. The zero-order chi connectivity index (χ0) is 10.7. The molecule has 0 radical (unpaired) electrons. The van der Waals surface area contributed by atoms with Crippen LogP contribution in [0.25, 0.3) is 0 Å². The van der Waals surface area contributed by atoms with Crippen molar-refractivity contribution in [2.75, 3.05) is 24.7 Å². The van der Waals surface area contributed by atoms with Crippen LogP contribution in [0.15, 0.2) is 0 Å². The summed E-state index contributed by atoms with van der Waals surface area (Å²) in [5, 5.41) is 3.77. The van der Waals surface area contributed by atoms with Crippen LogP contribution < -0.4 is 5.32 Å². The monoisotopic (exact) mass is 229 g/mol. The van der Waals surface area contributed by atoms with Gasteiger partial charge in [-0.05, 0) is 30.4 Å². The maximum Gasteiger partial charge on any atom is 0.0619 e. The van der Waals surface area contributed by atoms with E-state index in [1.807, 2.05) is 0 Å². The van der Waals surface area contributed by atoms with Gasteiger partial charge in [-0.15, -0.1) is 0 Å². The third kappa shape index (κ3) is 3.65. The van der Waals surface area contributed by atoms with E-state index in [0.29, 0.717) is 17.5 Å². The first kappa shape index (κ1) is 11.7. The average molecular weight is 229 g/mol. The number of thioether (sulfide) groups is 1. The van der Waals surface area contributed by atoms with Crippen molar-refractivity contribution in [1.82, 2.24) is 5.32 Å². The first-order valence-electron chi connectivity index (χ1n) is 6.07. The molecule has 2 nitrogen and oxygen atoms in total. The molecule has 15 heavy (non-hydrogen) atoms. The van der Waals surface area contributed by atoms with Crippen LogP contribution in [0.1, 0.15) is 33.1 Å². The van der Waals surface area contributed by atoms with Gasteiger partial charge in [-0.25, -0.2) is 0 Å². The molecule has 0 aromatic carbocycles. The van der Waals surface area contributed by atoms with Crippen LogP contribution in [0.3, 0.4) is 0 Å². The Morgan fingerprint density at radius 3 is 2.87 bits per heavy atom. The minimum atomic E-state index is 0.510. The van der Waals surface area contributed by atoms with Gasteiger partial charge in [0.15, 0.2) is 0 Å². The molecule has 0 aromatic rings. The van der Waals surface area contributed by atoms with Gasteiger partial charge in [0.25, 0.3) is 0 Å². The van der Waals surface area contributed by atoms with E-state index in [9.17, 15) is 0 Å². The molecule has 2 saturated heterocycles. The topological polar surface area (TPSA) is 21.3 Å². The van der Waals surface area contributed by atoms with Crippen LogP contribution in [0, 0.1) is 5.41 Å². The molecule has 2 fully saturated rings. The van der Waals surface area contributed by atoms with Crippen LogP contribution >= 0.6 is 11.8 Å². The summed E-state index contributed by atoms with van der Waals surface area (Å²) in [6.07, 6.45) is 3.83. The minimum Gasteiger partial charge on any atom is -0.380 e. The van der Waals surface area contributed by atoms with Crippen molar-refractivity contribution < 1.29 is 4.74 Å². The lowest BCUT2D eigenvalue weighted by Crippen LogP contribution is -2.48. The van der Waals surface area contributed by atoms with Crippen molar-refractivity contribution in [2.45, 2.75) is 45.2 Å². The van der Waals surface area contributed by atoms with E-state index in [1.165, 1.54) is 30.8 Å². The lowest BCUT2D eigenvalue weighted by atomic mass is 9.87. The summed E-state index contributed by atoms with van der Waals surface area (Å²) in [5.41, 5.74) is 0.510. The number of ether oxygens (including phenoxy) is 1. The fraction of sp³-hybridized carbons (Fsp3) is 1.00. The Morgan fingerprint density at radius 1 is 1.33 bits per heavy atom. The van der Waals surface area contributed by atoms with Crippen molar-refractivity contribution in [3.05, 3.63) is 0 Å². The van der Waals surface area contributed by atoms with Gasteiger partial charge in [-0.1, -0.05) is 13.8 Å². The predicted molar refractivity (Wildman–Crippen MR) is 66.5 cm³/mol. The van der Waals surface area contributed by atoms with Gasteiger partial charge in [0.05, 0.1) is 6.61 Å². The highest BCUT2D eigenvalue weighted by atomic mass is 32.2. The molecule has 2 atom stereocenters. The van der Waals surface area contributed by atoms with Gasteiger partial charge < -0.3 is 10.1 Å². The third-order valence-corrected chi connectivity index (χ3v) is 4.87. The number of hydrogen-bond donors (Lipinski definition) is 1. The molecule has 2 heterocycles. The van der Waals surface area contributed by atoms with Crippen molar-refractivity contribution in [3.8, 4) is 0 Å². The molecule has 0 amide bonds. The Bertz CT molecular complexity index is 202. The molecule has 0 bridgehead atoms. The van der Waals surface area contributed by atoms with Gasteiger partial charge in [0, 0.05) is 24.4 Å². The Kier molecular flexibility index (Phi) is 3.97. The summed E-state index contributed by atoms with van der Waals surface area (Å²) >= 11 is 2.10.